The summed E-state index contributed by atoms with van der Waals surface area (Å²) < 4.78 is 6.31. The maximum atomic E-state index is 6.31. The molecule has 0 aliphatic heterocycles. The number of hydrogen-bond donors (Lipinski definition) is 0. The van der Waals surface area contributed by atoms with Crippen LogP contribution in [-0.4, -0.2) is 11.2 Å². The molecule has 0 spiro atoms. The Morgan fingerprint density at radius 1 is 1.19 bits per heavy atom. The molecule has 2 aromatic rings. The van der Waals surface area contributed by atoms with Gasteiger partial charge in [-0.25, -0.2) is 0 Å². The third kappa shape index (κ3) is 4.50. The van der Waals surface area contributed by atoms with Crippen molar-refractivity contribution < 1.29 is 4.74 Å². The first-order valence-corrected chi connectivity index (χ1v) is 9.03. The smallest absolute Gasteiger partial charge is 0.131 e. The zero-order valence-corrected chi connectivity index (χ0v) is 15.9. The Morgan fingerprint density at radius 3 is 2.78 bits per heavy atom. The van der Waals surface area contributed by atoms with Crippen molar-refractivity contribution in [3.63, 3.8) is 0 Å². The third-order valence-corrected chi connectivity index (χ3v) is 4.57. The number of benzene rings is 1. The van der Waals surface area contributed by atoms with Crippen LogP contribution in [0.5, 0.6) is 5.75 Å². The van der Waals surface area contributed by atoms with E-state index in [1.165, 1.54) is 5.57 Å². The van der Waals surface area contributed by atoms with Gasteiger partial charge in [-0.15, -0.1) is 0 Å². The van der Waals surface area contributed by atoms with E-state index in [1.54, 1.807) is 18.5 Å². The van der Waals surface area contributed by atoms with E-state index in [0.717, 1.165) is 52.4 Å². The van der Waals surface area contributed by atoms with Crippen LogP contribution in [0, 0.1) is 6.92 Å². The summed E-state index contributed by atoms with van der Waals surface area (Å²) in [6.07, 6.45) is 9.01. The molecule has 0 unspecified atom stereocenters. The highest BCUT2D eigenvalue weighted by molar-refractivity contribution is 5.72. The average Bonchev–Trinajstić information content (AvgIpc) is 2.70. The van der Waals surface area contributed by atoms with Crippen LogP contribution in [0.2, 0.25) is 0 Å². The molecule has 0 saturated heterocycles. The van der Waals surface area contributed by atoms with E-state index in [9.17, 15) is 0 Å². The van der Waals surface area contributed by atoms with E-state index in [4.69, 9.17) is 4.74 Å². The standard InChI is InChI=1S/C24H24N2O/c1-5-13-25-19(4)20-11-9-17(2)23(15-20)27-24-16-21(12-10-18(24)3)22-8-6-7-14-26-22/h5-8,10,12-16H,1,4,9,11H2,2-3H3. The van der Waals surface area contributed by atoms with Crippen LogP contribution in [0.3, 0.4) is 0 Å². The fraction of sp³-hybridized carbons (Fsp3) is 0.167. The third-order valence-electron chi connectivity index (χ3n) is 4.57. The highest BCUT2D eigenvalue weighted by Crippen LogP contribution is 2.32. The van der Waals surface area contributed by atoms with Crippen LogP contribution < -0.4 is 4.74 Å². The van der Waals surface area contributed by atoms with E-state index < -0.39 is 0 Å². The SMILES string of the molecule is C=CC=NC(=C)C1=CC(Oc2cc(-c3ccccn3)ccc2C)=C(C)CC1. The minimum Gasteiger partial charge on any atom is -0.457 e. The quantitative estimate of drug-likeness (QED) is 0.577. The van der Waals surface area contributed by atoms with Crippen molar-refractivity contribution in [2.24, 2.45) is 4.99 Å². The Morgan fingerprint density at radius 2 is 2.04 bits per heavy atom. The Kier molecular flexibility index (Phi) is 5.82. The van der Waals surface area contributed by atoms with Gasteiger partial charge in [0.2, 0.25) is 0 Å². The lowest BCUT2D eigenvalue weighted by Gasteiger charge is -2.19. The normalized spacial score (nSPS) is 14.2. The molecule has 0 bridgehead atoms. The molecule has 1 heterocycles. The molecule has 0 radical (unpaired) electrons. The van der Waals surface area contributed by atoms with Crippen LogP contribution in [0.4, 0.5) is 0 Å². The van der Waals surface area contributed by atoms with Gasteiger partial charge < -0.3 is 4.74 Å². The second kappa shape index (κ2) is 8.45. The van der Waals surface area contributed by atoms with Crippen LogP contribution >= 0.6 is 0 Å². The molecule has 0 saturated carbocycles. The summed E-state index contributed by atoms with van der Waals surface area (Å²) in [5.74, 6) is 1.71. The van der Waals surface area contributed by atoms with E-state index in [1.807, 2.05) is 31.2 Å². The van der Waals surface area contributed by atoms with Gasteiger partial charge in [0.25, 0.3) is 0 Å². The molecule has 3 nitrogen and oxygen atoms in total. The Balaban J connectivity index is 1.89. The summed E-state index contributed by atoms with van der Waals surface area (Å²) in [5.41, 5.74) is 6.12. The first-order valence-electron chi connectivity index (χ1n) is 9.03. The topological polar surface area (TPSA) is 34.5 Å². The van der Waals surface area contributed by atoms with Crippen LogP contribution in [-0.2, 0) is 0 Å². The zero-order chi connectivity index (χ0) is 19.2. The summed E-state index contributed by atoms with van der Waals surface area (Å²) >= 11 is 0. The minimum atomic E-state index is 0.752. The first-order chi connectivity index (χ1) is 13.1. The highest BCUT2D eigenvalue weighted by Gasteiger charge is 2.15. The second-order valence-corrected chi connectivity index (χ2v) is 6.57. The lowest BCUT2D eigenvalue weighted by Crippen LogP contribution is -2.05. The maximum Gasteiger partial charge on any atom is 0.131 e. The van der Waals surface area contributed by atoms with Gasteiger partial charge in [0.05, 0.1) is 11.4 Å². The van der Waals surface area contributed by atoms with Crippen molar-refractivity contribution >= 4 is 6.21 Å². The van der Waals surface area contributed by atoms with E-state index >= 15 is 0 Å². The van der Waals surface area contributed by atoms with Gasteiger partial charge in [-0.3, -0.25) is 9.98 Å². The summed E-state index contributed by atoms with van der Waals surface area (Å²) in [4.78, 5) is 8.74. The Labute approximate surface area is 161 Å². The second-order valence-electron chi connectivity index (χ2n) is 6.57. The molecule has 0 fully saturated rings. The zero-order valence-electron chi connectivity index (χ0n) is 15.9. The number of aryl methyl sites for hydroxylation is 1. The van der Waals surface area contributed by atoms with Gasteiger partial charge in [0.15, 0.2) is 0 Å². The van der Waals surface area contributed by atoms with Crippen LogP contribution in [0.1, 0.15) is 25.3 Å². The van der Waals surface area contributed by atoms with Gasteiger partial charge in [-0.05, 0) is 67.7 Å². The van der Waals surface area contributed by atoms with E-state index in [0.29, 0.717) is 0 Å². The molecule has 136 valence electrons. The van der Waals surface area contributed by atoms with Crippen molar-refractivity contribution in [2.45, 2.75) is 26.7 Å². The molecular weight excluding hydrogens is 332 g/mol. The number of aromatic nitrogens is 1. The van der Waals surface area contributed by atoms with Crippen molar-refractivity contribution in [1.29, 1.82) is 0 Å². The molecule has 27 heavy (non-hydrogen) atoms. The molecule has 1 aliphatic carbocycles. The molecule has 0 amide bonds. The Bertz CT molecular complexity index is 950. The number of allylic oxidation sites excluding steroid dienone is 4. The number of hydrogen-bond acceptors (Lipinski definition) is 3. The van der Waals surface area contributed by atoms with E-state index in [-0.39, 0.29) is 0 Å². The number of ether oxygens (including phenoxy) is 1. The first kappa shape index (κ1) is 18.6. The van der Waals surface area contributed by atoms with Crippen molar-refractivity contribution in [3.8, 4) is 17.0 Å². The fourth-order valence-corrected chi connectivity index (χ4v) is 2.89. The Hall–Kier alpha value is -3.20. The number of pyridine rings is 1. The van der Waals surface area contributed by atoms with Crippen LogP contribution in [0.25, 0.3) is 11.3 Å². The fourth-order valence-electron chi connectivity index (χ4n) is 2.89. The van der Waals surface area contributed by atoms with Gasteiger partial charge in [0, 0.05) is 18.0 Å². The van der Waals surface area contributed by atoms with Crippen molar-refractivity contribution in [3.05, 3.63) is 96.1 Å². The van der Waals surface area contributed by atoms with Crippen molar-refractivity contribution in [1.82, 2.24) is 4.98 Å². The van der Waals surface area contributed by atoms with Crippen LogP contribution in [0.15, 0.2) is 95.5 Å². The highest BCUT2D eigenvalue weighted by atomic mass is 16.5. The predicted molar refractivity (Wildman–Crippen MR) is 113 cm³/mol. The minimum absolute atomic E-state index is 0.752. The lowest BCUT2D eigenvalue weighted by molar-refractivity contribution is 0.428. The maximum absolute atomic E-state index is 6.31. The van der Waals surface area contributed by atoms with Gasteiger partial charge in [-0.2, -0.15) is 0 Å². The molecule has 3 rings (SSSR count). The predicted octanol–water partition coefficient (Wildman–Crippen LogP) is 6.20. The lowest BCUT2D eigenvalue weighted by atomic mass is 9.96. The largest absolute Gasteiger partial charge is 0.457 e. The molecule has 3 heteroatoms. The number of aliphatic imine (C=N–C) groups is 1. The molecule has 0 atom stereocenters. The molecule has 0 N–H and O–H groups in total. The van der Waals surface area contributed by atoms with Gasteiger partial charge >= 0.3 is 0 Å². The molecule has 1 aliphatic rings. The number of nitrogens with zero attached hydrogens (tertiary/aromatic N) is 2. The van der Waals surface area contributed by atoms with Gasteiger partial charge in [-0.1, -0.05) is 37.4 Å². The summed E-state index contributed by atoms with van der Waals surface area (Å²) in [7, 11) is 0. The van der Waals surface area contributed by atoms with Crippen molar-refractivity contribution in [2.75, 3.05) is 0 Å². The molecular formula is C24H24N2O. The number of rotatable bonds is 6. The van der Waals surface area contributed by atoms with E-state index in [2.05, 4.69) is 48.3 Å². The average molecular weight is 356 g/mol. The summed E-state index contributed by atoms with van der Waals surface area (Å²) in [6, 6.07) is 12.1. The molecule has 1 aromatic carbocycles. The summed E-state index contributed by atoms with van der Waals surface area (Å²) in [6.45, 7) is 11.9. The monoisotopic (exact) mass is 356 g/mol. The summed E-state index contributed by atoms with van der Waals surface area (Å²) in [5, 5.41) is 0. The molecule has 1 aromatic heterocycles. The van der Waals surface area contributed by atoms with Gasteiger partial charge in [0.1, 0.15) is 11.5 Å².